The lowest BCUT2D eigenvalue weighted by Gasteiger charge is -2.26. The van der Waals surface area contributed by atoms with Crippen LogP contribution in [0.1, 0.15) is 25.8 Å². The van der Waals surface area contributed by atoms with Crippen LogP contribution in [-0.4, -0.2) is 51.6 Å². The van der Waals surface area contributed by atoms with E-state index in [1.807, 2.05) is 0 Å². The number of hydrogen-bond acceptors (Lipinski definition) is 6. The number of aryl methyl sites for hydroxylation is 1. The SMILES string of the molecule is COc1ccc(C)cc1S(=O)(=O)N(N=C(C)C)[C@@H]1CCS(=O)(=O)C1. The van der Waals surface area contributed by atoms with Crippen LogP contribution in [-0.2, 0) is 19.9 Å². The van der Waals surface area contributed by atoms with Gasteiger partial charge in [0.15, 0.2) is 9.84 Å². The van der Waals surface area contributed by atoms with Crippen molar-refractivity contribution in [1.82, 2.24) is 4.41 Å². The Morgan fingerprint density at radius 2 is 2.00 bits per heavy atom. The topological polar surface area (TPSA) is 93.1 Å². The molecule has 0 N–H and O–H groups in total. The van der Waals surface area contributed by atoms with Gasteiger partial charge < -0.3 is 4.74 Å². The maximum atomic E-state index is 13.1. The molecule has 1 aliphatic rings. The number of sulfone groups is 1. The van der Waals surface area contributed by atoms with Crippen LogP contribution < -0.4 is 4.74 Å². The minimum Gasteiger partial charge on any atom is -0.495 e. The number of rotatable bonds is 5. The molecule has 24 heavy (non-hydrogen) atoms. The maximum Gasteiger partial charge on any atom is 0.282 e. The summed E-state index contributed by atoms with van der Waals surface area (Å²) in [7, 11) is -5.90. The van der Waals surface area contributed by atoms with Crippen molar-refractivity contribution in [3.05, 3.63) is 23.8 Å². The Morgan fingerprint density at radius 1 is 1.33 bits per heavy atom. The quantitative estimate of drug-likeness (QED) is 0.576. The van der Waals surface area contributed by atoms with Crippen LogP contribution in [0.2, 0.25) is 0 Å². The Balaban J connectivity index is 2.57. The molecule has 0 spiro atoms. The molecule has 1 aromatic rings. The largest absolute Gasteiger partial charge is 0.495 e. The Bertz CT molecular complexity index is 856. The standard InChI is InChI=1S/C15H22N2O5S2/c1-11(2)16-17(13-7-8-23(18,19)10-13)24(20,21)15-9-12(3)5-6-14(15)22-4/h5-6,9,13H,7-8,10H2,1-4H3/t13-/m1/s1. The van der Waals surface area contributed by atoms with E-state index in [1.54, 1.807) is 32.9 Å². The Hall–Kier alpha value is -1.61. The number of benzene rings is 1. The fraction of sp³-hybridized carbons (Fsp3) is 0.533. The second kappa shape index (κ2) is 6.72. The van der Waals surface area contributed by atoms with E-state index in [0.29, 0.717) is 5.71 Å². The first-order valence-corrected chi connectivity index (χ1v) is 10.7. The zero-order valence-corrected chi connectivity index (χ0v) is 15.8. The van der Waals surface area contributed by atoms with Gasteiger partial charge in [-0.3, -0.25) is 0 Å². The minimum atomic E-state index is -4.04. The van der Waals surface area contributed by atoms with Gasteiger partial charge in [-0.05, 0) is 44.9 Å². The van der Waals surface area contributed by atoms with Crippen molar-refractivity contribution in [2.45, 2.75) is 38.1 Å². The predicted octanol–water partition coefficient (Wildman–Crippen LogP) is 1.58. The van der Waals surface area contributed by atoms with Gasteiger partial charge in [0.05, 0.1) is 24.7 Å². The highest BCUT2D eigenvalue weighted by Gasteiger charge is 2.39. The third kappa shape index (κ3) is 3.89. The summed E-state index contributed by atoms with van der Waals surface area (Å²) in [6.45, 7) is 5.11. The number of nitrogens with zero attached hydrogens (tertiary/aromatic N) is 2. The molecule has 1 aromatic carbocycles. The van der Waals surface area contributed by atoms with E-state index in [9.17, 15) is 16.8 Å². The number of methoxy groups -OCH3 is 1. The van der Waals surface area contributed by atoms with Crippen molar-refractivity contribution in [2.24, 2.45) is 5.10 Å². The summed E-state index contributed by atoms with van der Waals surface area (Å²) >= 11 is 0. The first kappa shape index (κ1) is 18.7. The summed E-state index contributed by atoms with van der Waals surface area (Å²) in [4.78, 5) is -0.0145. The minimum absolute atomic E-state index is 0.0145. The molecule has 1 heterocycles. The van der Waals surface area contributed by atoms with Crippen LogP contribution in [0, 0.1) is 6.92 Å². The molecule has 1 aliphatic heterocycles. The number of hydrazone groups is 1. The van der Waals surface area contributed by atoms with E-state index in [-0.39, 0.29) is 28.6 Å². The molecule has 0 aromatic heterocycles. The van der Waals surface area contributed by atoms with Crippen LogP contribution in [0.25, 0.3) is 0 Å². The third-order valence-corrected chi connectivity index (χ3v) is 7.16. The van der Waals surface area contributed by atoms with E-state index < -0.39 is 25.9 Å². The normalized spacial score (nSPS) is 19.8. The van der Waals surface area contributed by atoms with E-state index >= 15 is 0 Å². The fourth-order valence-corrected chi connectivity index (χ4v) is 6.14. The van der Waals surface area contributed by atoms with E-state index in [2.05, 4.69) is 5.10 Å². The molecular formula is C15H22N2O5S2. The summed E-state index contributed by atoms with van der Waals surface area (Å²) in [5.41, 5.74) is 1.28. The molecule has 0 bridgehead atoms. The van der Waals surface area contributed by atoms with Crippen LogP contribution in [0.15, 0.2) is 28.2 Å². The van der Waals surface area contributed by atoms with Gasteiger partial charge >= 0.3 is 0 Å². The molecule has 134 valence electrons. The van der Waals surface area contributed by atoms with Crippen molar-refractivity contribution >= 4 is 25.6 Å². The molecule has 0 aliphatic carbocycles. The molecule has 0 radical (unpaired) electrons. The lowest BCUT2D eigenvalue weighted by atomic mass is 10.2. The lowest BCUT2D eigenvalue weighted by molar-refractivity contribution is 0.349. The molecule has 1 fully saturated rings. The van der Waals surface area contributed by atoms with Crippen molar-refractivity contribution in [2.75, 3.05) is 18.6 Å². The first-order chi connectivity index (χ1) is 11.1. The highest BCUT2D eigenvalue weighted by Crippen LogP contribution is 2.31. The van der Waals surface area contributed by atoms with Gasteiger partial charge in [0.25, 0.3) is 10.0 Å². The second-order valence-corrected chi connectivity index (χ2v) is 10.0. The summed E-state index contributed by atoms with van der Waals surface area (Å²) in [6.07, 6.45) is 0.229. The van der Waals surface area contributed by atoms with Crippen LogP contribution in [0.3, 0.4) is 0 Å². The molecule has 0 unspecified atom stereocenters. The van der Waals surface area contributed by atoms with Gasteiger partial charge in [-0.15, -0.1) is 0 Å². The van der Waals surface area contributed by atoms with Gasteiger partial charge in [-0.1, -0.05) is 6.07 Å². The number of hydrogen-bond donors (Lipinski definition) is 0. The van der Waals surface area contributed by atoms with Gasteiger partial charge in [-0.25, -0.2) is 8.42 Å². The average molecular weight is 374 g/mol. The number of sulfonamides is 1. The van der Waals surface area contributed by atoms with Gasteiger partial charge in [-0.2, -0.15) is 17.9 Å². The number of ether oxygens (including phenoxy) is 1. The van der Waals surface area contributed by atoms with Crippen LogP contribution >= 0.6 is 0 Å². The molecule has 0 saturated carbocycles. The van der Waals surface area contributed by atoms with Crippen LogP contribution in [0.5, 0.6) is 5.75 Å². The Kier molecular flexibility index (Phi) is 5.24. The molecule has 1 saturated heterocycles. The van der Waals surface area contributed by atoms with Crippen LogP contribution in [0.4, 0.5) is 0 Å². The second-order valence-electron chi connectivity index (χ2n) is 6.04. The lowest BCUT2D eigenvalue weighted by Crippen LogP contribution is -2.37. The van der Waals surface area contributed by atoms with E-state index in [1.165, 1.54) is 13.2 Å². The van der Waals surface area contributed by atoms with Gasteiger partial charge in [0.1, 0.15) is 10.6 Å². The summed E-state index contributed by atoms with van der Waals surface area (Å²) in [5, 5.41) is 4.12. The van der Waals surface area contributed by atoms with Crippen molar-refractivity contribution < 1.29 is 21.6 Å². The van der Waals surface area contributed by atoms with Gasteiger partial charge in [0, 0.05) is 5.71 Å². The monoisotopic (exact) mass is 374 g/mol. The first-order valence-electron chi connectivity index (χ1n) is 7.48. The molecule has 9 heteroatoms. The van der Waals surface area contributed by atoms with E-state index in [4.69, 9.17) is 4.74 Å². The fourth-order valence-electron chi connectivity index (χ4n) is 2.56. The molecular weight excluding hydrogens is 352 g/mol. The third-order valence-electron chi connectivity index (χ3n) is 3.66. The highest BCUT2D eigenvalue weighted by atomic mass is 32.2. The predicted molar refractivity (Wildman–Crippen MR) is 92.6 cm³/mol. The Morgan fingerprint density at radius 3 is 2.50 bits per heavy atom. The molecule has 0 amide bonds. The summed E-state index contributed by atoms with van der Waals surface area (Å²) in [5.74, 6) is -0.0558. The molecule has 2 rings (SSSR count). The average Bonchev–Trinajstić information content (AvgIpc) is 2.84. The zero-order chi connectivity index (χ0) is 18.1. The Labute approximate surface area is 143 Å². The van der Waals surface area contributed by atoms with Crippen molar-refractivity contribution in [3.8, 4) is 5.75 Å². The molecule has 1 atom stereocenters. The maximum absolute atomic E-state index is 13.1. The highest BCUT2D eigenvalue weighted by molar-refractivity contribution is 7.92. The summed E-state index contributed by atoms with van der Waals surface area (Å²) in [6, 6.07) is 4.12. The van der Waals surface area contributed by atoms with Gasteiger partial charge in [0.2, 0.25) is 0 Å². The van der Waals surface area contributed by atoms with Crippen molar-refractivity contribution in [3.63, 3.8) is 0 Å². The van der Waals surface area contributed by atoms with E-state index in [0.717, 1.165) is 9.98 Å². The zero-order valence-electron chi connectivity index (χ0n) is 14.2. The smallest absolute Gasteiger partial charge is 0.282 e. The summed E-state index contributed by atoms with van der Waals surface area (Å²) < 4.78 is 55.9. The van der Waals surface area contributed by atoms with Crippen molar-refractivity contribution in [1.29, 1.82) is 0 Å². The molecule has 7 nitrogen and oxygen atoms in total.